The number of aromatic amines is 1. The maximum absolute atomic E-state index is 4.34. The van der Waals surface area contributed by atoms with Crippen molar-refractivity contribution in [2.45, 2.75) is 38.5 Å². The van der Waals surface area contributed by atoms with Gasteiger partial charge in [0.2, 0.25) is 0 Å². The number of rotatable bonds is 8. The number of H-pyrrole nitrogens is 1. The normalized spacial score (nSPS) is 14.1. The van der Waals surface area contributed by atoms with Crippen molar-refractivity contribution >= 4 is 22.5 Å². The molecule has 27 heavy (non-hydrogen) atoms. The zero-order valence-corrected chi connectivity index (χ0v) is 15.7. The summed E-state index contributed by atoms with van der Waals surface area (Å²) in [6, 6.07) is 10.4. The Kier molecular flexibility index (Phi) is 5.67. The first-order valence-electron chi connectivity index (χ1n) is 9.91. The highest BCUT2D eigenvalue weighted by Crippen LogP contribution is 2.20. The summed E-state index contributed by atoms with van der Waals surface area (Å²) in [5, 5.41) is 8.13. The molecule has 0 radical (unpaired) electrons. The summed E-state index contributed by atoms with van der Waals surface area (Å²) in [5.74, 6) is 1.75. The Bertz CT molecular complexity index is 912. The van der Waals surface area contributed by atoms with Crippen molar-refractivity contribution in [3.05, 3.63) is 60.1 Å². The number of hydrogen-bond donors (Lipinski definition) is 3. The molecule has 5 heteroatoms. The summed E-state index contributed by atoms with van der Waals surface area (Å²) < 4.78 is 0. The van der Waals surface area contributed by atoms with E-state index in [2.05, 4.69) is 62.1 Å². The van der Waals surface area contributed by atoms with Gasteiger partial charge in [0.25, 0.3) is 0 Å². The number of anilines is 2. The average Bonchev–Trinajstić information content (AvgIpc) is 3.13. The predicted molar refractivity (Wildman–Crippen MR) is 112 cm³/mol. The number of allylic oxidation sites excluding steroid dienone is 1. The average molecular weight is 361 g/mol. The number of aromatic nitrogens is 3. The summed E-state index contributed by atoms with van der Waals surface area (Å²) in [5.41, 5.74) is 4.10. The first-order valence-corrected chi connectivity index (χ1v) is 9.91. The first kappa shape index (κ1) is 17.6. The lowest BCUT2D eigenvalue weighted by molar-refractivity contribution is 0.679. The van der Waals surface area contributed by atoms with Gasteiger partial charge in [-0.2, -0.15) is 0 Å². The quantitative estimate of drug-likeness (QED) is 0.499. The molecular weight excluding hydrogens is 334 g/mol. The van der Waals surface area contributed by atoms with Crippen LogP contribution >= 0.6 is 0 Å². The van der Waals surface area contributed by atoms with E-state index in [0.29, 0.717) is 0 Å². The molecule has 3 aromatic rings. The van der Waals surface area contributed by atoms with Crippen LogP contribution in [0.5, 0.6) is 0 Å². The van der Waals surface area contributed by atoms with Crippen LogP contribution < -0.4 is 10.6 Å². The van der Waals surface area contributed by atoms with Crippen LogP contribution in [-0.4, -0.2) is 28.0 Å². The Balaban J connectivity index is 1.27. The lowest BCUT2D eigenvalue weighted by Crippen LogP contribution is -2.09. The van der Waals surface area contributed by atoms with E-state index < -0.39 is 0 Å². The van der Waals surface area contributed by atoms with Crippen LogP contribution in [0.3, 0.4) is 0 Å². The van der Waals surface area contributed by atoms with Gasteiger partial charge in [0.1, 0.15) is 18.0 Å². The van der Waals surface area contributed by atoms with Crippen molar-refractivity contribution < 1.29 is 0 Å². The van der Waals surface area contributed by atoms with E-state index >= 15 is 0 Å². The van der Waals surface area contributed by atoms with Gasteiger partial charge in [-0.1, -0.05) is 29.8 Å². The van der Waals surface area contributed by atoms with Gasteiger partial charge in [-0.15, -0.1) is 0 Å². The molecule has 0 spiro atoms. The number of hydrogen-bond acceptors (Lipinski definition) is 4. The highest BCUT2D eigenvalue weighted by molar-refractivity contribution is 5.83. The van der Waals surface area contributed by atoms with E-state index in [0.717, 1.165) is 37.6 Å². The molecule has 3 N–H and O–H groups in total. The van der Waals surface area contributed by atoms with Gasteiger partial charge in [-0.25, -0.2) is 9.97 Å². The smallest absolute Gasteiger partial charge is 0.131 e. The second-order valence-electron chi connectivity index (χ2n) is 7.11. The highest BCUT2D eigenvalue weighted by atomic mass is 15.1. The topological polar surface area (TPSA) is 65.6 Å². The van der Waals surface area contributed by atoms with Crippen LogP contribution in [0.15, 0.2) is 54.5 Å². The molecule has 0 unspecified atom stereocenters. The van der Waals surface area contributed by atoms with Crippen LogP contribution in [-0.2, 0) is 6.42 Å². The molecule has 140 valence electrons. The number of benzene rings is 1. The van der Waals surface area contributed by atoms with E-state index in [1.54, 1.807) is 11.9 Å². The van der Waals surface area contributed by atoms with Crippen molar-refractivity contribution in [3.8, 4) is 0 Å². The Morgan fingerprint density at radius 1 is 0.963 bits per heavy atom. The molecule has 1 aliphatic rings. The standard InChI is InChI=1S/C22H27N5/c1-2-6-17(7-3-1)10-12-23-21-14-22(27-16-26-21)24-13-11-18-15-25-20-9-5-4-8-19(18)20/h4-6,8-9,14-16,25H,1-3,7,10-13H2,(H2,23,24,26,27). The van der Waals surface area contributed by atoms with Gasteiger partial charge < -0.3 is 15.6 Å². The monoisotopic (exact) mass is 361 g/mol. The number of para-hydroxylation sites is 1. The zero-order chi connectivity index (χ0) is 18.3. The maximum Gasteiger partial charge on any atom is 0.131 e. The number of fused-ring (bicyclic) bond motifs is 1. The summed E-state index contributed by atoms with van der Waals surface area (Å²) in [6.45, 7) is 1.77. The van der Waals surface area contributed by atoms with Gasteiger partial charge in [0, 0.05) is 36.3 Å². The Morgan fingerprint density at radius 3 is 2.59 bits per heavy atom. The van der Waals surface area contributed by atoms with Crippen molar-refractivity contribution in [2.75, 3.05) is 23.7 Å². The lowest BCUT2D eigenvalue weighted by atomic mass is 9.97. The van der Waals surface area contributed by atoms with Gasteiger partial charge in [0.15, 0.2) is 0 Å². The van der Waals surface area contributed by atoms with Crippen molar-refractivity contribution in [1.82, 2.24) is 15.0 Å². The molecule has 1 aliphatic carbocycles. The number of nitrogens with zero attached hydrogens (tertiary/aromatic N) is 2. The fraction of sp³-hybridized carbons (Fsp3) is 0.364. The van der Waals surface area contributed by atoms with E-state index in [9.17, 15) is 0 Å². The molecule has 0 amide bonds. The van der Waals surface area contributed by atoms with Gasteiger partial charge in [0.05, 0.1) is 0 Å². The van der Waals surface area contributed by atoms with Gasteiger partial charge in [-0.05, 0) is 50.2 Å². The highest BCUT2D eigenvalue weighted by Gasteiger charge is 2.05. The largest absolute Gasteiger partial charge is 0.370 e. The Labute approximate surface area is 160 Å². The molecule has 0 saturated heterocycles. The molecule has 0 saturated carbocycles. The van der Waals surface area contributed by atoms with Gasteiger partial charge in [-0.3, -0.25) is 0 Å². The molecule has 2 heterocycles. The minimum absolute atomic E-state index is 0.838. The van der Waals surface area contributed by atoms with Crippen LogP contribution in [0.25, 0.3) is 10.9 Å². The molecule has 4 rings (SSSR count). The first-order chi connectivity index (χ1) is 13.4. The fourth-order valence-electron chi connectivity index (χ4n) is 3.70. The van der Waals surface area contributed by atoms with Crippen LogP contribution in [0.2, 0.25) is 0 Å². The van der Waals surface area contributed by atoms with Gasteiger partial charge >= 0.3 is 0 Å². The molecule has 0 bridgehead atoms. The number of nitrogens with one attached hydrogen (secondary N) is 3. The molecule has 0 aliphatic heterocycles. The minimum Gasteiger partial charge on any atom is -0.370 e. The maximum atomic E-state index is 4.34. The SMILES string of the molecule is C1=C(CCNc2cc(NCCc3c[nH]c4ccccc34)ncn2)CCCC1. The fourth-order valence-corrected chi connectivity index (χ4v) is 3.70. The summed E-state index contributed by atoms with van der Waals surface area (Å²) >= 11 is 0. The summed E-state index contributed by atoms with van der Waals surface area (Å²) in [7, 11) is 0. The van der Waals surface area contributed by atoms with Crippen LogP contribution in [0.4, 0.5) is 11.6 Å². The minimum atomic E-state index is 0.838. The van der Waals surface area contributed by atoms with Crippen LogP contribution in [0.1, 0.15) is 37.7 Å². The lowest BCUT2D eigenvalue weighted by Gasteiger charge is -2.13. The second kappa shape index (κ2) is 8.71. The van der Waals surface area contributed by atoms with Crippen molar-refractivity contribution in [2.24, 2.45) is 0 Å². The van der Waals surface area contributed by atoms with E-state index in [4.69, 9.17) is 0 Å². The second-order valence-corrected chi connectivity index (χ2v) is 7.11. The Morgan fingerprint density at radius 2 is 1.78 bits per heavy atom. The van der Waals surface area contributed by atoms with E-state index in [1.807, 2.05) is 6.07 Å². The Hall–Kier alpha value is -2.82. The third-order valence-corrected chi connectivity index (χ3v) is 5.18. The third-order valence-electron chi connectivity index (χ3n) is 5.18. The van der Waals surface area contributed by atoms with E-state index in [1.165, 1.54) is 42.1 Å². The zero-order valence-electron chi connectivity index (χ0n) is 15.7. The summed E-state index contributed by atoms with van der Waals surface area (Å²) in [6.07, 6.45) is 13.4. The predicted octanol–water partition coefficient (Wildman–Crippen LogP) is 4.91. The summed E-state index contributed by atoms with van der Waals surface area (Å²) in [4.78, 5) is 12.0. The van der Waals surface area contributed by atoms with Crippen LogP contribution in [0, 0.1) is 0 Å². The molecule has 0 fully saturated rings. The van der Waals surface area contributed by atoms with Crippen molar-refractivity contribution in [1.29, 1.82) is 0 Å². The van der Waals surface area contributed by atoms with E-state index in [-0.39, 0.29) is 0 Å². The molecule has 5 nitrogen and oxygen atoms in total. The molecule has 0 atom stereocenters. The molecule has 1 aromatic carbocycles. The molecule has 2 aromatic heterocycles. The van der Waals surface area contributed by atoms with Crippen molar-refractivity contribution in [3.63, 3.8) is 0 Å². The third kappa shape index (κ3) is 4.67. The molecular formula is C22H27N5.